The van der Waals surface area contributed by atoms with Crippen LogP contribution in [0, 0.1) is 52.3 Å². The first-order chi connectivity index (χ1) is 14.2. The number of piperidine rings is 1. The summed E-state index contributed by atoms with van der Waals surface area (Å²) in [6.45, 7) is 11.4. The molecular formula is C27H46N2O. The van der Waals surface area contributed by atoms with Crippen LogP contribution in [0.2, 0.25) is 0 Å². The summed E-state index contributed by atoms with van der Waals surface area (Å²) in [6, 6.07) is 1.63. The van der Waals surface area contributed by atoms with Gasteiger partial charge in [0, 0.05) is 24.7 Å². The SMILES string of the molecule is C[C@H]1C[C@H](O)[C@@H]2[C@H](C)[C@H]3[C@H](C[C@@H]4[C@H]5CC[C@@H]6C[C@H](N)CC[C@]6(C)[C@@H]5CC[C@]34C)N2C1. The molecule has 13 atom stereocenters. The molecule has 0 aromatic carbocycles. The number of nitrogens with two attached hydrogens (primary N) is 1. The zero-order chi connectivity index (χ0) is 21.0. The van der Waals surface area contributed by atoms with Crippen molar-refractivity contribution in [2.24, 2.45) is 58.0 Å². The van der Waals surface area contributed by atoms with E-state index in [1.807, 2.05) is 0 Å². The molecule has 2 saturated heterocycles. The Morgan fingerprint density at radius 3 is 2.47 bits per heavy atom. The third-order valence-electron chi connectivity index (χ3n) is 12.3. The number of rotatable bonds is 0. The minimum absolute atomic E-state index is 0.103. The fraction of sp³-hybridized carbons (Fsp3) is 1.00. The van der Waals surface area contributed by atoms with E-state index in [1.54, 1.807) is 0 Å². The smallest absolute Gasteiger partial charge is 0.0701 e. The Kier molecular flexibility index (Phi) is 4.58. The van der Waals surface area contributed by atoms with Gasteiger partial charge in [0.2, 0.25) is 0 Å². The number of nitrogens with zero attached hydrogens (tertiary/aromatic N) is 1. The van der Waals surface area contributed by atoms with E-state index in [9.17, 15) is 5.11 Å². The molecule has 0 amide bonds. The van der Waals surface area contributed by atoms with Gasteiger partial charge in [-0.25, -0.2) is 0 Å². The van der Waals surface area contributed by atoms with Crippen molar-refractivity contribution in [2.75, 3.05) is 6.54 Å². The molecule has 3 N–H and O–H groups in total. The Morgan fingerprint density at radius 1 is 0.900 bits per heavy atom. The van der Waals surface area contributed by atoms with Gasteiger partial charge < -0.3 is 10.8 Å². The molecule has 0 spiro atoms. The molecule has 0 unspecified atom stereocenters. The molecule has 0 radical (unpaired) electrons. The molecule has 2 aliphatic heterocycles. The molecule has 6 rings (SSSR count). The zero-order valence-electron chi connectivity index (χ0n) is 19.9. The normalized spacial score (nSPS) is 62.8. The van der Waals surface area contributed by atoms with Crippen molar-refractivity contribution in [3.8, 4) is 0 Å². The third-order valence-corrected chi connectivity index (χ3v) is 12.3. The third kappa shape index (κ3) is 2.55. The number of fused-ring (bicyclic) bond motifs is 9. The number of aliphatic hydroxyl groups excluding tert-OH is 1. The lowest BCUT2D eigenvalue weighted by atomic mass is 9.44. The fourth-order valence-electron chi connectivity index (χ4n) is 11.2. The minimum Gasteiger partial charge on any atom is -0.391 e. The Labute approximate surface area is 184 Å². The molecule has 4 saturated carbocycles. The van der Waals surface area contributed by atoms with Gasteiger partial charge in [-0.2, -0.15) is 0 Å². The first-order valence-electron chi connectivity index (χ1n) is 13.4. The van der Waals surface area contributed by atoms with Gasteiger partial charge in [-0.3, -0.25) is 4.90 Å². The highest BCUT2D eigenvalue weighted by molar-refractivity contribution is 5.18. The molecule has 3 heteroatoms. The predicted molar refractivity (Wildman–Crippen MR) is 122 cm³/mol. The van der Waals surface area contributed by atoms with Gasteiger partial charge in [0.25, 0.3) is 0 Å². The summed E-state index contributed by atoms with van der Waals surface area (Å²) in [4.78, 5) is 2.82. The van der Waals surface area contributed by atoms with Crippen molar-refractivity contribution in [1.82, 2.24) is 4.90 Å². The average molecular weight is 415 g/mol. The molecule has 0 bridgehead atoms. The van der Waals surface area contributed by atoms with Crippen molar-refractivity contribution in [3.63, 3.8) is 0 Å². The maximum absolute atomic E-state index is 11.0. The zero-order valence-corrected chi connectivity index (χ0v) is 19.9. The summed E-state index contributed by atoms with van der Waals surface area (Å²) in [5.41, 5.74) is 7.47. The van der Waals surface area contributed by atoms with E-state index in [1.165, 1.54) is 57.9 Å². The summed E-state index contributed by atoms with van der Waals surface area (Å²) >= 11 is 0. The van der Waals surface area contributed by atoms with Crippen LogP contribution in [0.25, 0.3) is 0 Å². The van der Waals surface area contributed by atoms with Crippen LogP contribution in [0.5, 0.6) is 0 Å². The van der Waals surface area contributed by atoms with E-state index in [4.69, 9.17) is 5.73 Å². The van der Waals surface area contributed by atoms with Crippen molar-refractivity contribution < 1.29 is 5.11 Å². The molecule has 30 heavy (non-hydrogen) atoms. The lowest BCUT2D eigenvalue weighted by Crippen LogP contribution is -2.55. The largest absolute Gasteiger partial charge is 0.391 e. The van der Waals surface area contributed by atoms with Crippen molar-refractivity contribution >= 4 is 0 Å². The molecular weight excluding hydrogens is 368 g/mol. The standard InChI is InChI=1S/C27H46N2O/c1-15-11-23(30)25-16(2)24-22(29(25)14-15)13-21-19-6-5-17-12-18(28)7-9-26(17,3)20(19)8-10-27(21,24)4/h15-25,30H,5-14,28H2,1-4H3/t15-,16+,17+,18+,19-,20+,21+,22-,23-,24-,25-,26-,27-/m0/s1. The summed E-state index contributed by atoms with van der Waals surface area (Å²) in [7, 11) is 0. The molecule has 170 valence electrons. The van der Waals surface area contributed by atoms with Crippen LogP contribution < -0.4 is 5.73 Å². The Balaban J connectivity index is 1.30. The molecule has 4 aliphatic carbocycles. The molecule has 2 heterocycles. The molecule has 3 nitrogen and oxygen atoms in total. The second-order valence-corrected chi connectivity index (χ2v) is 13.5. The van der Waals surface area contributed by atoms with Crippen LogP contribution in [0.15, 0.2) is 0 Å². The Bertz CT molecular complexity index is 696. The molecule has 6 aliphatic rings. The average Bonchev–Trinajstić information content (AvgIpc) is 3.15. The monoisotopic (exact) mass is 414 g/mol. The van der Waals surface area contributed by atoms with Gasteiger partial charge in [0.15, 0.2) is 0 Å². The van der Waals surface area contributed by atoms with E-state index >= 15 is 0 Å². The summed E-state index contributed by atoms with van der Waals surface area (Å²) < 4.78 is 0. The van der Waals surface area contributed by atoms with Crippen LogP contribution in [0.1, 0.15) is 85.5 Å². The van der Waals surface area contributed by atoms with Crippen LogP contribution in [-0.2, 0) is 0 Å². The quantitative estimate of drug-likeness (QED) is 0.605. The maximum atomic E-state index is 11.0. The van der Waals surface area contributed by atoms with E-state index in [2.05, 4.69) is 32.6 Å². The van der Waals surface area contributed by atoms with E-state index in [0.717, 1.165) is 42.1 Å². The van der Waals surface area contributed by atoms with E-state index in [-0.39, 0.29) is 6.10 Å². The second kappa shape index (κ2) is 6.70. The van der Waals surface area contributed by atoms with Gasteiger partial charge in [-0.1, -0.05) is 27.7 Å². The van der Waals surface area contributed by atoms with Gasteiger partial charge in [0.05, 0.1) is 6.10 Å². The number of hydrogen-bond acceptors (Lipinski definition) is 3. The second-order valence-electron chi connectivity index (χ2n) is 13.5. The van der Waals surface area contributed by atoms with Crippen LogP contribution in [-0.4, -0.2) is 40.8 Å². The first-order valence-corrected chi connectivity index (χ1v) is 13.4. The summed E-state index contributed by atoms with van der Waals surface area (Å²) in [5, 5.41) is 11.0. The van der Waals surface area contributed by atoms with Crippen LogP contribution in [0.4, 0.5) is 0 Å². The van der Waals surface area contributed by atoms with Gasteiger partial charge >= 0.3 is 0 Å². The Hall–Kier alpha value is -0.120. The highest BCUT2D eigenvalue weighted by Crippen LogP contribution is 2.70. The van der Waals surface area contributed by atoms with E-state index in [0.29, 0.717) is 34.7 Å². The summed E-state index contributed by atoms with van der Waals surface area (Å²) in [5.74, 6) is 5.79. The lowest BCUT2D eigenvalue weighted by Gasteiger charge is -2.61. The van der Waals surface area contributed by atoms with Gasteiger partial charge in [0.1, 0.15) is 0 Å². The summed E-state index contributed by atoms with van der Waals surface area (Å²) in [6.07, 6.45) is 12.0. The first kappa shape index (κ1) is 20.5. The lowest BCUT2D eigenvalue weighted by molar-refractivity contribution is -0.118. The van der Waals surface area contributed by atoms with Crippen molar-refractivity contribution in [2.45, 2.75) is 110 Å². The number of hydrogen-bond donors (Lipinski definition) is 2. The molecule has 0 aromatic heterocycles. The topological polar surface area (TPSA) is 49.5 Å². The fourth-order valence-corrected chi connectivity index (χ4v) is 11.2. The van der Waals surface area contributed by atoms with Crippen molar-refractivity contribution in [3.05, 3.63) is 0 Å². The van der Waals surface area contributed by atoms with Gasteiger partial charge in [-0.05, 0) is 110 Å². The number of aliphatic hydroxyl groups is 1. The van der Waals surface area contributed by atoms with Crippen LogP contribution >= 0.6 is 0 Å². The maximum Gasteiger partial charge on any atom is 0.0701 e. The van der Waals surface area contributed by atoms with Crippen LogP contribution in [0.3, 0.4) is 0 Å². The van der Waals surface area contributed by atoms with E-state index < -0.39 is 0 Å². The van der Waals surface area contributed by atoms with Crippen molar-refractivity contribution in [1.29, 1.82) is 0 Å². The van der Waals surface area contributed by atoms with Gasteiger partial charge in [-0.15, -0.1) is 0 Å². The Morgan fingerprint density at radius 2 is 1.67 bits per heavy atom. The molecule has 6 fully saturated rings. The highest BCUT2D eigenvalue weighted by atomic mass is 16.3. The molecule has 0 aromatic rings. The predicted octanol–water partition coefficient (Wildman–Crippen LogP) is 4.67. The highest BCUT2D eigenvalue weighted by Gasteiger charge is 2.67. The minimum atomic E-state index is -0.103.